The van der Waals surface area contributed by atoms with Gasteiger partial charge >= 0.3 is 0 Å². The van der Waals surface area contributed by atoms with Gasteiger partial charge in [0.2, 0.25) is 5.91 Å². The van der Waals surface area contributed by atoms with Gasteiger partial charge in [-0.25, -0.2) is 0 Å². The Morgan fingerprint density at radius 1 is 0.828 bits per heavy atom. The fourth-order valence-electron chi connectivity index (χ4n) is 2.74. The van der Waals surface area contributed by atoms with E-state index in [9.17, 15) is 14.4 Å². The number of ether oxygens (including phenoxy) is 2. The molecule has 2 rings (SSSR count). The second-order valence-electron chi connectivity index (χ2n) is 6.43. The third-order valence-corrected chi connectivity index (χ3v) is 4.34. The Bertz CT molecular complexity index is 840. The molecule has 0 saturated heterocycles. The lowest BCUT2D eigenvalue weighted by molar-refractivity contribution is -0.121. The smallest absolute Gasteiger partial charge is 0.258 e. The van der Waals surface area contributed by atoms with Crippen LogP contribution in [0.2, 0.25) is 0 Å². The third-order valence-electron chi connectivity index (χ3n) is 4.34. The van der Waals surface area contributed by atoms with Crippen molar-refractivity contribution in [1.29, 1.82) is 0 Å². The SMILES string of the molecule is COc1cccc(OC)c1C(=O)NCCNC(=O)CCC(=O)c1ccc(C)cc1. The molecule has 2 amide bonds. The number of hydrogen-bond donors (Lipinski definition) is 2. The summed E-state index contributed by atoms with van der Waals surface area (Å²) in [5, 5.41) is 5.41. The molecule has 0 bridgehead atoms. The van der Waals surface area contributed by atoms with Crippen molar-refractivity contribution in [2.24, 2.45) is 0 Å². The molecule has 0 aromatic heterocycles. The van der Waals surface area contributed by atoms with Crippen LogP contribution >= 0.6 is 0 Å². The highest BCUT2D eigenvalue weighted by Gasteiger charge is 2.17. The van der Waals surface area contributed by atoms with E-state index < -0.39 is 0 Å². The average molecular weight is 398 g/mol. The van der Waals surface area contributed by atoms with Crippen LogP contribution in [0, 0.1) is 6.92 Å². The molecule has 154 valence electrons. The van der Waals surface area contributed by atoms with Crippen molar-refractivity contribution in [1.82, 2.24) is 10.6 Å². The van der Waals surface area contributed by atoms with Gasteiger partial charge in [0.1, 0.15) is 17.1 Å². The summed E-state index contributed by atoms with van der Waals surface area (Å²) in [6.45, 7) is 2.43. The van der Waals surface area contributed by atoms with Crippen molar-refractivity contribution < 1.29 is 23.9 Å². The number of methoxy groups -OCH3 is 2. The molecule has 0 aliphatic carbocycles. The number of nitrogens with one attached hydrogen (secondary N) is 2. The molecule has 2 aromatic carbocycles. The largest absolute Gasteiger partial charge is 0.496 e. The van der Waals surface area contributed by atoms with Crippen LogP contribution in [0.1, 0.15) is 39.1 Å². The minimum Gasteiger partial charge on any atom is -0.496 e. The fraction of sp³-hybridized carbons (Fsp3) is 0.318. The summed E-state index contributed by atoms with van der Waals surface area (Å²) in [4.78, 5) is 36.4. The van der Waals surface area contributed by atoms with Gasteiger partial charge < -0.3 is 20.1 Å². The summed E-state index contributed by atoms with van der Waals surface area (Å²) in [5.41, 5.74) is 1.97. The van der Waals surface area contributed by atoms with E-state index in [1.165, 1.54) is 14.2 Å². The molecule has 0 aliphatic rings. The van der Waals surface area contributed by atoms with Gasteiger partial charge in [0.05, 0.1) is 14.2 Å². The van der Waals surface area contributed by atoms with E-state index in [0.717, 1.165) is 5.56 Å². The van der Waals surface area contributed by atoms with Crippen LogP contribution in [0.15, 0.2) is 42.5 Å². The van der Waals surface area contributed by atoms with Crippen molar-refractivity contribution in [2.75, 3.05) is 27.3 Å². The molecule has 7 nitrogen and oxygen atoms in total. The monoisotopic (exact) mass is 398 g/mol. The Morgan fingerprint density at radius 3 is 2.00 bits per heavy atom. The van der Waals surface area contributed by atoms with Crippen LogP contribution in [-0.4, -0.2) is 44.9 Å². The Kier molecular flexibility index (Phi) is 8.21. The van der Waals surface area contributed by atoms with Gasteiger partial charge in [-0.15, -0.1) is 0 Å². The van der Waals surface area contributed by atoms with Crippen molar-refractivity contribution in [3.63, 3.8) is 0 Å². The van der Waals surface area contributed by atoms with Gasteiger partial charge in [-0.05, 0) is 19.1 Å². The van der Waals surface area contributed by atoms with Crippen molar-refractivity contribution in [2.45, 2.75) is 19.8 Å². The topological polar surface area (TPSA) is 93.7 Å². The first-order valence-electron chi connectivity index (χ1n) is 9.32. The number of carbonyl (C=O) groups is 3. The van der Waals surface area contributed by atoms with Crippen LogP contribution < -0.4 is 20.1 Å². The normalized spacial score (nSPS) is 10.2. The van der Waals surface area contributed by atoms with Crippen molar-refractivity contribution >= 4 is 17.6 Å². The molecule has 0 atom stereocenters. The quantitative estimate of drug-likeness (QED) is 0.474. The first-order chi connectivity index (χ1) is 14.0. The molecular weight excluding hydrogens is 372 g/mol. The number of carbonyl (C=O) groups excluding carboxylic acids is 3. The average Bonchev–Trinajstić information content (AvgIpc) is 2.74. The highest BCUT2D eigenvalue weighted by atomic mass is 16.5. The van der Waals surface area contributed by atoms with Crippen molar-refractivity contribution in [3.05, 3.63) is 59.2 Å². The van der Waals surface area contributed by atoms with Gasteiger partial charge in [0.25, 0.3) is 5.91 Å². The standard InChI is InChI=1S/C22H26N2O5/c1-15-7-9-16(10-8-15)17(25)11-12-20(26)23-13-14-24-22(27)21-18(28-2)5-4-6-19(21)29-3/h4-10H,11-14H2,1-3H3,(H,23,26)(H,24,27). The van der Waals surface area contributed by atoms with E-state index in [1.807, 2.05) is 19.1 Å². The van der Waals surface area contributed by atoms with E-state index in [2.05, 4.69) is 10.6 Å². The van der Waals surface area contributed by atoms with E-state index in [-0.39, 0.29) is 43.5 Å². The lowest BCUT2D eigenvalue weighted by Crippen LogP contribution is -2.35. The first-order valence-corrected chi connectivity index (χ1v) is 9.32. The molecule has 0 aliphatic heterocycles. The molecular formula is C22H26N2O5. The summed E-state index contributed by atoms with van der Waals surface area (Å²) in [7, 11) is 2.95. The number of benzene rings is 2. The maximum Gasteiger partial charge on any atom is 0.258 e. The number of amides is 2. The van der Waals surface area contributed by atoms with Gasteiger partial charge in [-0.3, -0.25) is 14.4 Å². The summed E-state index contributed by atoms with van der Waals surface area (Å²) < 4.78 is 10.4. The summed E-state index contributed by atoms with van der Waals surface area (Å²) in [6, 6.07) is 12.3. The van der Waals surface area contributed by atoms with Gasteiger partial charge in [0.15, 0.2) is 5.78 Å². The molecule has 29 heavy (non-hydrogen) atoms. The van der Waals surface area contributed by atoms with Crippen LogP contribution in [0.5, 0.6) is 11.5 Å². The lowest BCUT2D eigenvalue weighted by Gasteiger charge is -2.13. The molecule has 0 unspecified atom stereocenters. The highest BCUT2D eigenvalue weighted by Crippen LogP contribution is 2.27. The second kappa shape index (κ2) is 10.8. The number of Topliss-reactive ketones (excluding diaryl/α,β-unsaturated/α-hetero) is 1. The predicted octanol–water partition coefficient (Wildman–Crippen LogP) is 2.52. The number of ketones is 1. The van der Waals surface area contributed by atoms with E-state index in [0.29, 0.717) is 22.6 Å². The Morgan fingerprint density at radius 2 is 1.41 bits per heavy atom. The first kappa shape index (κ1) is 21.9. The third kappa shape index (κ3) is 6.34. The minimum atomic E-state index is -0.358. The number of aryl methyl sites for hydroxylation is 1. The van der Waals surface area contributed by atoms with Gasteiger partial charge in [0, 0.05) is 31.5 Å². The number of hydrogen-bond acceptors (Lipinski definition) is 5. The van der Waals surface area contributed by atoms with Crippen LogP contribution in [0.3, 0.4) is 0 Å². The predicted molar refractivity (Wildman–Crippen MR) is 110 cm³/mol. The lowest BCUT2D eigenvalue weighted by atomic mass is 10.1. The zero-order valence-electron chi connectivity index (χ0n) is 16.9. The molecule has 0 fully saturated rings. The van der Waals surface area contributed by atoms with E-state index >= 15 is 0 Å². The van der Waals surface area contributed by atoms with E-state index in [4.69, 9.17) is 9.47 Å². The maximum absolute atomic E-state index is 12.4. The molecule has 0 heterocycles. The van der Waals surface area contributed by atoms with E-state index in [1.54, 1.807) is 30.3 Å². The zero-order valence-corrected chi connectivity index (χ0v) is 16.9. The summed E-state index contributed by atoms with van der Waals surface area (Å²) in [5.74, 6) is 0.135. The van der Waals surface area contributed by atoms with Crippen LogP contribution in [0.25, 0.3) is 0 Å². The van der Waals surface area contributed by atoms with Crippen LogP contribution in [-0.2, 0) is 4.79 Å². The van der Waals surface area contributed by atoms with Crippen LogP contribution in [0.4, 0.5) is 0 Å². The molecule has 0 radical (unpaired) electrons. The van der Waals surface area contributed by atoms with Gasteiger partial charge in [-0.1, -0.05) is 35.9 Å². The minimum absolute atomic E-state index is 0.0725. The Hall–Kier alpha value is -3.35. The second-order valence-corrected chi connectivity index (χ2v) is 6.43. The molecule has 7 heteroatoms. The zero-order chi connectivity index (χ0) is 21.2. The highest BCUT2D eigenvalue weighted by molar-refractivity contribution is 6.00. The molecule has 0 saturated carbocycles. The fourth-order valence-corrected chi connectivity index (χ4v) is 2.74. The molecule has 2 aromatic rings. The molecule has 0 spiro atoms. The Labute approximate surface area is 170 Å². The summed E-state index contributed by atoms with van der Waals surface area (Å²) >= 11 is 0. The maximum atomic E-state index is 12.4. The summed E-state index contributed by atoms with van der Waals surface area (Å²) in [6.07, 6.45) is 0.237. The molecule has 2 N–H and O–H groups in total. The van der Waals surface area contributed by atoms with Crippen molar-refractivity contribution in [3.8, 4) is 11.5 Å². The van der Waals surface area contributed by atoms with Gasteiger partial charge in [-0.2, -0.15) is 0 Å². The number of rotatable bonds is 10. The Balaban J connectivity index is 1.75.